The lowest BCUT2D eigenvalue weighted by Gasteiger charge is -1.60. The molecule has 0 aromatic rings. The van der Waals surface area contributed by atoms with Crippen molar-refractivity contribution >= 4 is 23.5 Å². The third kappa shape index (κ3) is 3.94. The Hall–Kier alpha value is -0.0600. The predicted molar refractivity (Wildman–Crippen MR) is 20.6 cm³/mol. The van der Waals surface area contributed by atoms with Gasteiger partial charge in [-0.05, 0) is 11.6 Å². The average Bonchev–Trinajstić information content (AvgIpc) is 1.41. The highest BCUT2D eigenvalue weighted by molar-refractivity contribution is 6.30. The van der Waals surface area contributed by atoms with Crippen LogP contribution in [0, 0.1) is 11.5 Å². The fourth-order valence-electron chi connectivity index (χ4n) is 0.0146. The van der Waals surface area contributed by atoms with Crippen LogP contribution in [-0.2, 0) is 4.29 Å². The third-order valence-electron chi connectivity index (χ3n) is 0.0772. The van der Waals surface area contributed by atoms with E-state index in [1.807, 2.05) is 11.5 Å². The van der Waals surface area contributed by atoms with Gasteiger partial charge in [-0.1, -0.05) is 0 Å². The van der Waals surface area contributed by atoms with Crippen molar-refractivity contribution in [1.29, 1.82) is 0 Å². The summed E-state index contributed by atoms with van der Waals surface area (Å²) in [6.45, 7) is 0. The zero-order chi connectivity index (χ0) is 4.12. The highest BCUT2D eigenvalue weighted by Gasteiger charge is 1.50. The van der Waals surface area contributed by atoms with Crippen LogP contribution >= 0.6 is 23.5 Å². The van der Waals surface area contributed by atoms with Gasteiger partial charge in [-0.2, -0.15) is 0 Å². The Morgan fingerprint density at radius 3 is 2.20 bits per heavy atom. The minimum absolute atomic E-state index is 1.89. The van der Waals surface area contributed by atoms with Gasteiger partial charge >= 0.3 is 0 Å². The summed E-state index contributed by atoms with van der Waals surface area (Å²) in [4.78, 5) is 0. The van der Waals surface area contributed by atoms with E-state index in [9.17, 15) is 0 Å². The highest BCUT2D eigenvalue weighted by atomic mass is 35.5. The van der Waals surface area contributed by atoms with Gasteiger partial charge in [0.15, 0.2) is 6.11 Å². The van der Waals surface area contributed by atoms with Crippen LogP contribution in [0.25, 0.3) is 0 Å². The first-order chi connectivity index (χ1) is 2.41. The summed E-state index contributed by atoms with van der Waals surface area (Å²) < 4.78 is 3.67. The topological polar surface area (TPSA) is 9.23 Å². The largest absolute Gasteiger partial charge is 0.331 e. The van der Waals surface area contributed by atoms with Crippen molar-refractivity contribution in [2.45, 2.75) is 0 Å². The number of rotatable bonds is 0. The summed E-state index contributed by atoms with van der Waals surface area (Å²) in [5.41, 5.74) is 0. The van der Waals surface area contributed by atoms with Gasteiger partial charge in [0, 0.05) is 5.38 Å². The number of hydrogen-bond acceptors (Lipinski definition) is 1. The molecule has 3 heteroatoms. The molecule has 0 unspecified atom stereocenters. The van der Waals surface area contributed by atoms with Crippen molar-refractivity contribution in [3.63, 3.8) is 0 Å². The molecule has 0 atom stereocenters. The summed E-state index contributed by atoms with van der Waals surface area (Å²) in [5.74, 6) is 0. The average molecular weight is 111 g/mol. The van der Waals surface area contributed by atoms with Gasteiger partial charge in [0.2, 0.25) is 0 Å². The summed E-state index contributed by atoms with van der Waals surface area (Å²) in [6.07, 6.45) is 1.89. The van der Waals surface area contributed by atoms with Crippen LogP contribution in [0.3, 0.4) is 0 Å². The van der Waals surface area contributed by atoms with E-state index in [4.69, 9.17) is 11.6 Å². The first kappa shape index (κ1) is 4.94. The lowest BCUT2D eigenvalue weighted by atomic mass is 11.3. The smallest absolute Gasteiger partial charge is 0.154 e. The van der Waals surface area contributed by atoms with Crippen molar-refractivity contribution in [2.24, 2.45) is 0 Å². The molecular formula is C2Cl2O. The molecular weight excluding hydrogens is 111 g/mol. The zero-order valence-electron chi connectivity index (χ0n) is 2.16. The molecule has 0 rings (SSSR count). The fourth-order valence-corrected chi connectivity index (χ4v) is 0.131. The summed E-state index contributed by atoms with van der Waals surface area (Å²) in [7, 11) is 0. The van der Waals surface area contributed by atoms with E-state index in [0.29, 0.717) is 0 Å². The molecule has 0 N–H and O–H groups in total. The maximum Gasteiger partial charge on any atom is 0.154 e. The van der Waals surface area contributed by atoms with Crippen molar-refractivity contribution in [1.82, 2.24) is 0 Å². The molecule has 0 aromatic heterocycles. The van der Waals surface area contributed by atoms with Gasteiger partial charge in [-0.3, -0.25) is 0 Å². The van der Waals surface area contributed by atoms with Crippen LogP contribution in [0.4, 0.5) is 0 Å². The molecule has 1 nitrogen and oxygen atoms in total. The Bertz CT molecular complexity index is 59.8. The Morgan fingerprint density at radius 2 is 2.20 bits per heavy atom. The van der Waals surface area contributed by atoms with Crippen LogP contribution in [-0.4, -0.2) is 0 Å². The van der Waals surface area contributed by atoms with Crippen LogP contribution in [0.1, 0.15) is 0 Å². The lowest BCUT2D eigenvalue weighted by Crippen LogP contribution is -1.44. The quantitative estimate of drug-likeness (QED) is 0.428. The van der Waals surface area contributed by atoms with Crippen LogP contribution in [0.2, 0.25) is 0 Å². The van der Waals surface area contributed by atoms with Gasteiger partial charge in [0.25, 0.3) is 0 Å². The van der Waals surface area contributed by atoms with Crippen molar-refractivity contribution in [3.8, 4) is 11.5 Å². The molecule has 0 aliphatic rings. The lowest BCUT2D eigenvalue weighted by molar-refractivity contribution is 0.583. The molecule has 0 aromatic carbocycles. The molecule has 0 spiro atoms. The van der Waals surface area contributed by atoms with Gasteiger partial charge in [0.05, 0.1) is 0 Å². The molecule has 0 saturated carbocycles. The molecule has 28 valence electrons. The Balaban J connectivity index is 2.81. The minimum atomic E-state index is 1.89. The third-order valence-corrected chi connectivity index (χ3v) is 0.231. The molecule has 0 fully saturated rings. The molecule has 0 aliphatic heterocycles. The van der Waals surface area contributed by atoms with E-state index in [2.05, 4.69) is 16.2 Å². The van der Waals surface area contributed by atoms with Crippen LogP contribution < -0.4 is 0 Å². The fraction of sp³-hybridized carbons (Fsp3) is 0. The van der Waals surface area contributed by atoms with Crippen LogP contribution in [0.5, 0.6) is 0 Å². The Morgan fingerprint density at radius 1 is 1.60 bits per heavy atom. The molecule has 5 heavy (non-hydrogen) atoms. The standard InChI is InChI=1S/C2Cl2O/c3-1-2-5-4. The SMILES string of the molecule is ClC#COCl. The normalized spacial score (nSPS) is 4.40. The highest BCUT2D eigenvalue weighted by Crippen LogP contribution is 1.71. The van der Waals surface area contributed by atoms with E-state index in [1.54, 1.807) is 0 Å². The van der Waals surface area contributed by atoms with Gasteiger partial charge < -0.3 is 4.29 Å². The summed E-state index contributed by atoms with van der Waals surface area (Å²) in [5, 5.41) is 1.89. The van der Waals surface area contributed by atoms with Crippen molar-refractivity contribution in [2.75, 3.05) is 0 Å². The second-order valence-electron chi connectivity index (χ2n) is 0.274. The summed E-state index contributed by atoms with van der Waals surface area (Å²) in [6, 6.07) is 0. The summed E-state index contributed by atoms with van der Waals surface area (Å²) >= 11 is 9.27. The molecule has 0 saturated heterocycles. The molecule has 0 radical (unpaired) electrons. The van der Waals surface area contributed by atoms with Crippen LogP contribution in [0.15, 0.2) is 0 Å². The first-order valence-electron chi connectivity index (χ1n) is 0.797. The van der Waals surface area contributed by atoms with E-state index < -0.39 is 0 Å². The number of halogens is 2. The van der Waals surface area contributed by atoms with Gasteiger partial charge in [-0.15, -0.1) is 0 Å². The van der Waals surface area contributed by atoms with Gasteiger partial charge in [0.1, 0.15) is 11.9 Å². The minimum Gasteiger partial charge on any atom is -0.331 e. The van der Waals surface area contributed by atoms with Gasteiger partial charge in [-0.25, -0.2) is 0 Å². The number of hydrogen-bond donors (Lipinski definition) is 0. The Kier molecular flexibility index (Phi) is 3.89. The maximum absolute atomic E-state index is 4.73. The predicted octanol–water partition coefficient (Wildman–Crippen LogP) is 1.31. The van der Waals surface area contributed by atoms with E-state index in [1.165, 1.54) is 0 Å². The molecule has 0 amide bonds. The second-order valence-corrected chi connectivity index (χ2v) is 0.617. The second kappa shape index (κ2) is 3.94. The monoisotopic (exact) mass is 110 g/mol. The van der Waals surface area contributed by atoms with E-state index in [0.717, 1.165) is 0 Å². The van der Waals surface area contributed by atoms with Crippen molar-refractivity contribution < 1.29 is 4.29 Å². The first-order valence-corrected chi connectivity index (χ1v) is 1.48. The van der Waals surface area contributed by atoms with Crippen molar-refractivity contribution in [3.05, 3.63) is 0 Å². The molecule has 0 heterocycles. The van der Waals surface area contributed by atoms with E-state index in [-0.39, 0.29) is 0 Å². The molecule has 0 bridgehead atoms. The zero-order valence-corrected chi connectivity index (χ0v) is 3.68. The Labute approximate surface area is 40.0 Å². The van der Waals surface area contributed by atoms with E-state index >= 15 is 0 Å². The molecule has 0 aliphatic carbocycles. The maximum atomic E-state index is 4.73.